The van der Waals surface area contributed by atoms with Crippen LogP contribution in [-0.4, -0.2) is 53.0 Å². The van der Waals surface area contributed by atoms with E-state index in [2.05, 4.69) is 16.8 Å². The van der Waals surface area contributed by atoms with Crippen molar-refractivity contribution in [3.05, 3.63) is 23.0 Å². The van der Waals surface area contributed by atoms with Crippen LogP contribution in [0, 0.1) is 19.8 Å². The van der Waals surface area contributed by atoms with Crippen molar-refractivity contribution in [3.63, 3.8) is 0 Å². The zero-order valence-corrected chi connectivity index (χ0v) is 13.2. The number of nitrogens with zero attached hydrogens (tertiary/aromatic N) is 2. The van der Waals surface area contributed by atoms with Crippen molar-refractivity contribution >= 4 is 0 Å². The maximum atomic E-state index is 9.70. The van der Waals surface area contributed by atoms with Gasteiger partial charge in [-0.1, -0.05) is 0 Å². The maximum Gasteiger partial charge on any atom is 0.128 e. The summed E-state index contributed by atoms with van der Waals surface area (Å²) in [6, 6.07) is 0. The van der Waals surface area contributed by atoms with Gasteiger partial charge in [-0.3, -0.25) is 9.88 Å². The number of aryl methyl sites for hydroxylation is 1. The monoisotopic (exact) mass is 294 g/mol. The van der Waals surface area contributed by atoms with Crippen LogP contribution in [0.15, 0.2) is 6.20 Å². The van der Waals surface area contributed by atoms with Crippen LogP contribution in [-0.2, 0) is 6.54 Å². The molecule has 1 aliphatic heterocycles. The Balaban J connectivity index is 1.98. The highest BCUT2D eigenvalue weighted by atomic mass is 16.5. The molecule has 1 fully saturated rings. The lowest BCUT2D eigenvalue weighted by Crippen LogP contribution is -2.38. The molecule has 5 nitrogen and oxygen atoms in total. The number of piperidine rings is 1. The molecule has 21 heavy (non-hydrogen) atoms. The van der Waals surface area contributed by atoms with E-state index < -0.39 is 6.10 Å². The number of aliphatic hydroxyl groups excluding tert-OH is 2. The average Bonchev–Trinajstić information content (AvgIpc) is 2.50. The Kier molecular flexibility index (Phi) is 5.56. The Morgan fingerprint density at radius 2 is 2.05 bits per heavy atom. The van der Waals surface area contributed by atoms with Crippen molar-refractivity contribution in [3.8, 4) is 5.75 Å². The first-order valence-corrected chi connectivity index (χ1v) is 7.57. The van der Waals surface area contributed by atoms with Gasteiger partial charge >= 0.3 is 0 Å². The van der Waals surface area contributed by atoms with Crippen LogP contribution in [0.3, 0.4) is 0 Å². The number of ether oxygens (including phenoxy) is 1. The predicted molar refractivity (Wildman–Crippen MR) is 81.4 cm³/mol. The molecule has 0 spiro atoms. The lowest BCUT2D eigenvalue weighted by Gasteiger charge is -2.33. The molecule has 0 aliphatic carbocycles. The number of hydrogen-bond donors (Lipinski definition) is 2. The van der Waals surface area contributed by atoms with Gasteiger partial charge in [-0.25, -0.2) is 0 Å². The molecule has 1 aromatic heterocycles. The fraction of sp³-hybridized carbons (Fsp3) is 0.688. The molecule has 1 unspecified atom stereocenters. The number of rotatable bonds is 5. The molecule has 2 heterocycles. The normalized spacial score (nSPS) is 18.7. The Labute approximate surface area is 126 Å². The van der Waals surface area contributed by atoms with Gasteiger partial charge in [-0.2, -0.15) is 0 Å². The van der Waals surface area contributed by atoms with E-state index in [9.17, 15) is 5.11 Å². The predicted octanol–water partition coefficient (Wildman–Crippen LogP) is 1.27. The molecule has 0 aromatic carbocycles. The van der Waals surface area contributed by atoms with Crippen molar-refractivity contribution in [2.24, 2.45) is 5.92 Å². The van der Waals surface area contributed by atoms with Crippen LogP contribution in [0.1, 0.15) is 29.7 Å². The molecule has 5 heteroatoms. The quantitative estimate of drug-likeness (QED) is 0.856. The number of hydrogen-bond acceptors (Lipinski definition) is 5. The number of pyridine rings is 1. The first-order chi connectivity index (χ1) is 10.1. The molecule has 0 saturated carbocycles. The average molecular weight is 294 g/mol. The molecule has 1 atom stereocenters. The molecular weight excluding hydrogens is 268 g/mol. The number of aliphatic hydroxyl groups is 2. The lowest BCUT2D eigenvalue weighted by atomic mass is 9.91. The van der Waals surface area contributed by atoms with Crippen molar-refractivity contribution in [1.82, 2.24) is 9.88 Å². The first kappa shape index (κ1) is 16.2. The largest absolute Gasteiger partial charge is 0.496 e. The fourth-order valence-corrected chi connectivity index (χ4v) is 3.09. The van der Waals surface area contributed by atoms with Crippen LogP contribution in [0.5, 0.6) is 5.75 Å². The van der Waals surface area contributed by atoms with Crippen LogP contribution < -0.4 is 4.74 Å². The summed E-state index contributed by atoms with van der Waals surface area (Å²) >= 11 is 0. The zero-order chi connectivity index (χ0) is 15.4. The maximum absolute atomic E-state index is 9.70. The highest BCUT2D eigenvalue weighted by molar-refractivity contribution is 5.41. The van der Waals surface area contributed by atoms with Gasteiger partial charge in [0.2, 0.25) is 0 Å². The third kappa shape index (κ3) is 3.73. The van der Waals surface area contributed by atoms with Crippen molar-refractivity contribution in [1.29, 1.82) is 0 Å². The second-order valence-electron chi connectivity index (χ2n) is 5.91. The molecular formula is C16H26N2O3. The van der Waals surface area contributed by atoms with Gasteiger partial charge in [0.05, 0.1) is 25.5 Å². The standard InChI is InChI=1S/C16H26N2O3/c1-11-8-17-14(12(2)16(11)21-3)9-18-6-4-13(5-7-18)15(20)10-19/h8,13,15,19-20H,4-7,9-10H2,1-3H3. The van der Waals surface area contributed by atoms with E-state index in [0.29, 0.717) is 0 Å². The molecule has 1 aliphatic rings. The topological polar surface area (TPSA) is 65.8 Å². The SMILES string of the molecule is COc1c(C)cnc(CN2CCC(C(O)CO)CC2)c1C. The smallest absolute Gasteiger partial charge is 0.128 e. The van der Waals surface area contributed by atoms with Gasteiger partial charge in [0.15, 0.2) is 0 Å². The zero-order valence-electron chi connectivity index (χ0n) is 13.2. The third-order valence-corrected chi connectivity index (χ3v) is 4.49. The van der Waals surface area contributed by atoms with Crippen LogP contribution in [0.2, 0.25) is 0 Å². The van der Waals surface area contributed by atoms with Gasteiger partial charge < -0.3 is 14.9 Å². The molecule has 118 valence electrons. The van der Waals surface area contributed by atoms with E-state index in [4.69, 9.17) is 9.84 Å². The minimum atomic E-state index is -0.577. The number of likely N-dealkylation sites (tertiary alicyclic amines) is 1. The summed E-state index contributed by atoms with van der Waals surface area (Å²) in [5.41, 5.74) is 3.22. The molecule has 0 radical (unpaired) electrons. The molecule has 2 N–H and O–H groups in total. The van der Waals surface area contributed by atoms with E-state index in [1.165, 1.54) is 0 Å². The Morgan fingerprint density at radius 1 is 1.38 bits per heavy atom. The van der Waals surface area contributed by atoms with Gasteiger partial charge in [0.25, 0.3) is 0 Å². The summed E-state index contributed by atoms with van der Waals surface area (Å²) in [5, 5.41) is 18.7. The highest BCUT2D eigenvalue weighted by Crippen LogP contribution is 2.26. The van der Waals surface area contributed by atoms with Crippen molar-refractivity contribution in [2.75, 3.05) is 26.8 Å². The van der Waals surface area contributed by atoms with Crippen molar-refractivity contribution in [2.45, 2.75) is 39.3 Å². The third-order valence-electron chi connectivity index (χ3n) is 4.49. The van der Waals surface area contributed by atoms with Crippen LogP contribution in [0.4, 0.5) is 0 Å². The van der Waals surface area contributed by atoms with E-state index in [-0.39, 0.29) is 12.5 Å². The second kappa shape index (κ2) is 7.20. The summed E-state index contributed by atoms with van der Waals surface area (Å²) in [6.07, 6.45) is 3.13. The Bertz CT molecular complexity index is 471. The van der Waals surface area contributed by atoms with E-state index in [1.54, 1.807) is 7.11 Å². The van der Waals surface area contributed by atoms with Gasteiger partial charge in [-0.15, -0.1) is 0 Å². The van der Waals surface area contributed by atoms with E-state index in [1.807, 2.05) is 13.1 Å². The molecule has 0 bridgehead atoms. The van der Waals surface area contributed by atoms with Gasteiger partial charge in [0.1, 0.15) is 5.75 Å². The molecule has 1 saturated heterocycles. The summed E-state index contributed by atoms with van der Waals surface area (Å²) in [5.74, 6) is 1.14. The Morgan fingerprint density at radius 3 is 2.62 bits per heavy atom. The molecule has 1 aromatic rings. The minimum Gasteiger partial charge on any atom is -0.496 e. The van der Waals surface area contributed by atoms with Gasteiger partial charge in [-0.05, 0) is 45.7 Å². The summed E-state index contributed by atoms with van der Waals surface area (Å²) in [6.45, 7) is 6.59. The lowest BCUT2D eigenvalue weighted by molar-refractivity contribution is 0.0170. The summed E-state index contributed by atoms with van der Waals surface area (Å²) in [7, 11) is 1.70. The number of aromatic nitrogens is 1. The summed E-state index contributed by atoms with van der Waals surface area (Å²) < 4.78 is 5.45. The Hall–Kier alpha value is -1.17. The molecule has 0 amide bonds. The van der Waals surface area contributed by atoms with Crippen molar-refractivity contribution < 1.29 is 14.9 Å². The minimum absolute atomic E-state index is 0.138. The number of methoxy groups -OCH3 is 1. The fourth-order valence-electron chi connectivity index (χ4n) is 3.09. The highest BCUT2D eigenvalue weighted by Gasteiger charge is 2.25. The second-order valence-corrected chi connectivity index (χ2v) is 5.91. The van der Waals surface area contributed by atoms with Gasteiger partial charge in [0, 0.05) is 23.9 Å². The van der Waals surface area contributed by atoms with Crippen LogP contribution in [0.25, 0.3) is 0 Å². The van der Waals surface area contributed by atoms with Crippen LogP contribution >= 0.6 is 0 Å². The first-order valence-electron chi connectivity index (χ1n) is 7.57. The van der Waals surface area contributed by atoms with E-state index in [0.717, 1.165) is 55.0 Å². The molecule has 2 rings (SSSR count). The summed E-state index contributed by atoms with van der Waals surface area (Å²) in [4.78, 5) is 6.89. The van der Waals surface area contributed by atoms with E-state index >= 15 is 0 Å².